The first-order chi connectivity index (χ1) is 10.6. The Morgan fingerprint density at radius 3 is 2.73 bits per heavy atom. The molecule has 2 amide bonds. The molecule has 0 bridgehead atoms. The van der Waals surface area contributed by atoms with Gasteiger partial charge in [-0.05, 0) is 24.6 Å². The zero-order chi connectivity index (χ0) is 15.5. The first-order valence-electron chi connectivity index (χ1n) is 7.21. The van der Waals surface area contributed by atoms with E-state index in [-0.39, 0.29) is 11.8 Å². The number of nitrogens with zero attached hydrogens (tertiary/aromatic N) is 3. The quantitative estimate of drug-likeness (QED) is 0.628. The summed E-state index contributed by atoms with van der Waals surface area (Å²) in [5.41, 5.74) is 2.25. The van der Waals surface area contributed by atoms with Crippen LogP contribution in [0, 0.1) is 6.92 Å². The number of imidazole rings is 1. The van der Waals surface area contributed by atoms with Crippen LogP contribution in [-0.2, 0) is 9.59 Å². The van der Waals surface area contributed by atoms with E-state index in [0.29, 0.717) is 25.1 Å². The lowest BCUT2D eigenvalue weighted by Gasteiger charge is -2.13. The Hall–Kier alpha value is -2.08. The van der Waals surface area contributed by atoms with Gasteiger partial charge in [0.15, 0.2) is 5.16 Å². The molecule has 3 rings (SSSR count). The van der Waals surface area contributed by atoms with Crippen LogP contribution >= 0.6 is 11.8 Å². The fourth-order valence-electron chi connectivity index (χ4n) is 2.47. The Morgan fingerprint density at radius 2 is 2.00 bits per heavy atom. The molecule has 22 heavy (non-hydrogen) atoms. The van der Waals surface area contributed by atoms with Crippen LogP contribution in [0.5, 0.6) is 0 Å². The molecule has 2 heterocycles. The number of hydrogen-bond acceptors (Lipinski definition) is 4. The van der Waals surface area contributed by atoms with Crippen molar-refractivity contribution >= 4 is 23.6 Å². The number of carbonyl (C=O) groups excluding carboxylic acids is 2. The Kier molecular flexibility index (Phi) is 4.29. The van der Waals surface area contributed by atoms with Gasteiger partial charge in [-0.25, -0.2) is 4.98 Å². The molecule has 5 nitrogen and oxygen atoms in total. The van der Waals surface area contributed by atoms with E-state index in [1.165, 1.54) is 10.5 Å². The van der Waals surface area contributed by atoms with Crippen molar-refractivity contribution in [2.45, 2.75) is 24.9 Å². The molecule has 0 aliphatic carbocycles. The fraction of sp³-hybridized carbons (Fsp3) is 0.312. The van der Waals surface area contributed by atoms with Gasteiger partial charge in [-0.1, -0.05) is 23.9 Å². The molecule has 1 aromatic heterocycles. The molecule has 1 aromatic carbocycles. The van der Waals surface area contributed by atoms with Crippen LogP contribution in [0.25, 0.3) is 5.69 Å². The summed E-state index contributed by atoms with van der Waals surface area (Å²) in [5.74, 6) is 0.528. The van der Waals surface area contributed by atoms with E-state index in [1.807, 2.05) is 22.9 Å². The van der Waals surface area contributed by atoms with Gasteiger partial charge < -0.3 is 0 Å². The highest BCUT2D eigenvalue weighted by Gasteiger charge is 2.28. The molecule has 0 N–H and O–H groups in total. The van der Waals surface area contributed by atoms with Gasteiger partial charge in [-0.2, -0.15) is 0 Å². The minimum atomic E-state index is -0.0624. The van der Waals surface area contributed by atoms with E-state index in [2.05, 4.69) is 24.0 Å². The van der Waals surface area contributed by atoms with E-state index in [0.717, 1.165) is 10.8 Å². The number of thioether (sulfide) groups is 1. The van der Waals surface area contributed by atoms with Crippen molar-refractivity contribution in [1.82, 2.24) is 14.5 Å². The summed E-state index contributed by atoms with van der Waals surface area (Å²) in [6, 6.07) is 8.20. The highest BCUT2D eigenvalue weighted by molar-refractivity contribution is 7.99. The molecule has 114 valence electrons. The van der Waals surface area contributed by atoms with Gasteiger partial charge in [0.05, 0.1) is 0 Å². The number of imide groups is 1. The second-order valence-electron chi connectivity index (χ2n) is 5.21. The summed E-state index contributed by atoms with van der Waals surface area (Å²) in [6.45, 7) is 2.50. The Balaban J connectivity index is 1.66. The Labute approximate surface area is 133 Å². The van der Waals surface area contributed by atoms with E-state index in [9.17, 15) is 9.59 Å². The SMILES string of the molecule is Cc1cccc(-n2ccnc2SCCN2C(=O)CCC2=O)c1. The van der Waals surface area contributed by atoms with E-state index in [4.69, 9.17) is 0 Å². The standard InChI is InChI=1S/C16H17N3O2S/c1-12-3-2-4-13(11-12)18-8-7-17-16(18)22-10-9-19-14(20)5-6-15(19)21/h2-4,7-8,11H,5-6,9-10H2,1H3. The second kappa shape index (κ2) is 6.36. The second-order valence-corrected chi connectivity index (χ2v) is 6.27. The summed E-state index contributed by atoms with van der Waals surface area (Å²) in [7, 11) is 0. The lowest BCUT2D eigenvalue weighted by Crippen LogP contribution is -2.31. The molecule has 0 unspecified atom stereocenters. The number of amides is 2. The number of aryl methyl sites for hydroxylation is 1. The van der Waals surface area contributed by atoms with Crippen LogP contribution < -0.4 is 0 Å². The molecule has 1 aliphatic rings. The average molecular weight is 315 g/mol. The van der Waals surface area contributed by atoms with Crippen molar-refractivity contribution in [1.29, 1.82) is 0 Å². The third kappa shape index (κ3) is 3.06. The predicted octanol–water partition coefficient (Wildman–Crippen LogP) is 2.42. The summed E-state index contributed by atoms with van der Waals surface area (Å²) in [4.78, 5) is 28.9. The number of rotatable bonds is 5. The minimum Gasteiger partial charge on any atom is -0.295 e. The summed E-state index contributed by atoms with van der Waals surface area (Å²) < 4.78 is 2.02. The van der Waals surface area contributed by atoms with Crippen LogP contribution in [0.1, 0.15) is 18.4 Å². The zero-order valence-electron chi connectivity index (χ0n) is 12.4. The topological polar surface area (TPSA) is 55.2 Å². The van der Waals surface area contributed by atoms with Crippen molar-refractivity contribution in [3.05, 3.63) is 42.2 Å². The lowest BCUT2D eigenvalue weighted by molar-refractivity contribution is -0.137. The monoisotopic (exact) mass is 315 g/mol. The average Bonchev–Trinajstić information content (AvgIpc) is 3.08. The van der Waals surface area contributed by atoms with Crippen LogP contribution in [0.15, 0.2) is 41.8 Å². The lowest BCUT2D eigenvalue weighted by atomic mass is 10.2. The normalized spacial score (nSPS) is 14.9. The zero-order valence-corrected chi connectivity index (χ0v) is 13.2. The van der Waals surface area contributed by atoms with E-state index in [1.54, 1.807) is 18.0 Å². The third-order valence-electron chi connectivity index (χ3n) is 3.59. The maximum absolute atomic E-state index is 11.6. The van der Waals surface area contributed by atoms with E-state index < -0.39 is 0 Å². The molecular formula is C16H17N3O2S. The molecular weight excluding hydrogens is 298 g/mol. The molecule has 2 aromatic rings. The number of hydrogen-bond donors (Lipinski definition) is 0. The molecule has 0 radical (unpaired) electrons. The van der Waals surface area contributed by atoms with Crippen LogP contribution in [0.2, 0.25) is 0 Å². The molecule has 1 saturated heterocycles. The number of benzene rings is 1. The first-order valence-corrected chi connectivity index (χ1v) is 8.20. The van der Waals surface area contributed by atoms with Crippen LogP contribution in [0.4, 0.5) is 0 Å². The summed E-state index contributed by atoms with van der Waals surface area (Å²) in [6.07, 6.45) is 4.38. The van der Waals surface area contributed by atoms with Gasteiger partial charge >= 0.3 is 0 Å². The van der Waals surface area contributed by atoms with Crippen molar-refractivity contribution in [2.75, 3.05) is 12.3 Å². The molecule has 6 heteroatoms. The molecule has 1 aliphatic heterocycles. The minimum absolute atomic E-state index is 0.0624. The highest BCUT2D eigenvalue weighted by atomic mass is 32.2. The number of aromatic nitrogens is 2. The largest absolute Gasteiger partial charge is 0.295 e. The van der Waals surface area contributed by atoms with Gasteiger partial charge in [0.2, 0.25) is 11.8 Å². The van der Waals surface area contributed by atoms with Crippen molar-refractivity contribution in [3.63, 3.8) is 0 Å². The smallest absolute Gasteiger partial charge is 0.229 e. The van der Waals surface area contributed by atoms with Gasteiger partial charge in [0.1, 0.15) is 0 Å². The van der Waals surface area contributed by atoms with Gasteiger partial charge in [-0.3, -0.25) is 19.1 Å². The van der Waals surface area contributed by atoms with Crippen molar-refractivity contribution in [3.8, 4) is 5.69 Å². The van der Waals surface area contributed by atoms with Gasteiger partial charge in [0.25, 0.3) is 0 Å². The van der Waals surface area contributed by atoms with Crippen molar-refractivity contribution < 1.29 is 9.59 Å². The molecule has 0 saturated carbocycles. The number of likely N-dealkylation sites (tertiary alicyclic amines) is 1. The Morgan fingerprint density at radius 1 is 1.23 bits per heavy atom. The third-order valence-corrected chi connectivity index (χ3v) is 4.53. The Bertz CT molecular complexity index is 695. The molecule has 0 spiro atoms. The highest BCUT2D eigenvalue weighted by Crippen LogP contribution is 2.22. The predicted molar refractivity (Wildman–Crippen MR) is 85.0 cm³/mol. The molecule has 1 fully saturated rings. The summed E-state index contributed by atoms with van der Waals surface area (Å²) >= 11 is 1.55. The number of carbonyl (C=O) groups is 2. The fourth-order valence-corrected chi connectivity index (χ4v) is 3.37. The van der Waals surface area contributed by atoms with Crippen LogP contribution in [0.3, 0.4) is 0 Å². The summed E-state index contributed by atoms with van der Waals surface area (Å²) in [5, 5.41) is 0.865. The molecule has 0 atom stereocenters. The van der Waals surface area contributed by atoms with Crippen LogP contribution in [-0.4, -0.2) is 38.6 Å². The first kappa shape index (κ1) is 14.8. The maximum atomic E-state index is 11.6. The van der Waals surface area contributed by atoms with Crippen molar-refractivity contribution in [2.24, 2.45) is 0 Å². The maximum Gasteiger partial charge on any atom is 0.229 e. The van der Waals surface area contributed by atoms with Gasteiger partial charge in [0, 0.05) is 43.2 Å². The van der Waals surface area contributed by atoms with E-state index >= 15 is 0 Å². The van der Waals surface area contributed by atoms with Gasteiger partial charge in [-0.15, -0.1) is 0 Å².